The molecule has 0 amide bonds. The molecule has 0 radical (unpaired) electrons. The van der Waals surface area contributed by atoms with E-state index in [-0.39, 0.29) is 0 Å². The van der Waals surface area contributed by atoms with Gasteiger partial charge >= 0.3 is 0 Å². The van der Waals surface area contributed by atoms with E-state index in [0.717, 1.165) is 25.1 Å². The summed E-state index contributed by atoms with van der Waals surface area (Å²) >= 11 is 0. The Hall–Kier alpha value is -1.55. The van der Waals surface area contributed by atoms with Gasteiger partial charge in [0.25, 0.3) is 0 Å². The van der Waals surface area contributed by atoms with Gasteiger partial charge in [-0.25, -0.2) is 0 Å². The molecule has 0 saturated heterocycles. The van der Waals surface area contributed by atoms with Crippen LogP contribution in [0.25, 0.3) is 11.1 Å². The summed E-state index contributed by atoms with van der Waals surface area (Å²) in [6, 6.07) is 2.75. The van der Waals surface area contributed by atoms with E-state index in [1.165, 1.54) is 29.7 Å². The van der Waals surface area contributed by atoms with E-state index in [9.17, 15) is 0 Å². The molecule has 1 aliphatic rings. The van der Waals surface area contributed by atoms with Crippen LogP contribution in [0.3, 0.4) is 0 Å². The summed E-state index contributed by atoms with van der Waals surface area (Å²) in [4.78, 5) is 0. The van der Waals surface area contributed by atoms with Gasteiger partial charge in [0.05, 0.1) is 18.5 Å². The molecule has 1 aliphatic carbocycles. The summed E-state index contributed by atoms with van der Waals surface area (Å²) in [7, 11) is 1.98. The number of aryl methyl sites for hydroxylation is 2. The normalized spacial score (nSPS) is 15.1. The number of hydrogen-bond acceptors (Lipinski definition) is 3. The summed E-state index contributed by atoms with van der Waals surface area (Å²) in [6.07, 6.45) is 8.58. The van der Waals surface area contributed by atoms with Crippen molar-refractivity contribution in [3.05, 3.63) is 30.0 Å². The fourth-order valence-corrected chi connectivity index (χ4v) is 2.42. The molecule has 0 aliphatic heterocycles. The molecule has 0 spiro atoms. The predicted molar refractivity (Wildman–Crippen MR) is 74.8 cm³/mol. The lowest BCUT2D eigenvalue weighted by molar-refractivity contribution is 0.483. The lowest BCUT2D eigenvalue weighted by atomic mass is 10.0. The minimum Gasteiger partial charge on any atom is -0.467 e. The molecule has 2 aromatic rings. The van der Waals surface area contributed by atoms with Crippen LogP contribution in [0.4, 0.5) is 0 Å². The fourth-order valence-electron chi connectivity index (χ4n) is 2.42. The van der Waals surface area contributed by atoms with Crippen LogP contribution in [0.2, 0.25) is 0 Å². The molecule has 0 aromatic carbocycles. The summed E-state index contributed by atoms with van der Waals surface area (Å²) in [5.41, 5.74) is 3.56. The predicted octanol–water partition coefficient (Wildman–Crippen LogP) is 2.88. The molecule has 19 heavy (non-hydrogen) atoms. The van der Waals surface area contributed by atoms with Crippen molar-refractivity contribution in [1.82, 2.24) is 15.1 Å². The van der Waals surface area contributed by atoms with Gasteiger partial charge in [-0.05, 0) is 25.3 Å². The molecule has 4 heteroatoms. The van der Waals surface area contributed by atoms with Gasteiger partial charge in [0.15, 0.2) is 0 Å². The quantitative estimate of drug-likeness (QED) is 0.867. The molecule has 2 heterocycles. The summed E-state index contributed by atoms with van der Waals surface area (Å²) in [5.74, 6) is 1.03. The maximum Gasteiger partial charge on any atom is 0.125 e. The molecule has 1 saturated carbocycles. The van der Waals surface area contributed by atoms with Crippen LogP contribution in [-0.2, 0) is 20.0 Å². The van der Waals surface area contributed by atoms with Crippen LogP contribution in [0, 0.1) is 0 Å². The molecular weight excluding hydrogens is 238 g/mol. The van der Waals surface area contributed by atoms with Gasteiger partial charge in [-0.3, -0.25) is 4.68 Å². The lowest BCUT2D eigenvalue weighted by Crippen LogP contribution is -2.15. The van der Waals surface area contributed by atoms with Crippen molar-refractivity contribution >= 4 is 0 Å². The smallest absolute Gasteiger partial charge is 0.125 e. The van der Waals surface area contributed by atoms with Gasteiger partial charge in [0.1, 0.15) is 5.76 Å². The van der Waals surface area contributed by atoms with E-state index in [0.29, 0.717) is 6.04 Å². The SMILES string of the molecule is CCCc1nn(C)cc1-c1ccoc1CNC1CC1. The van der Waals surface area contributed by atoms with Crippen molar-refractivity contribution in [3.8, 4) is 11.1 Å². The second-order valence-electron chi connectivity index (χ2n) is 5.33. The van der Waals surface area contributed by atoms with Crippen molar-refractivity contribution in [3.63, 3.8) is 0 Å². The highest BCUT2D eigenvalue weighted by atomic mass is 16.3. The van der Waals surface area contributed by atoms with E-state index in [1.54, 1.807) is 6.26 Å². The number of nitrogens with zero attached hydrogens (tertiary/aromatic N) is 2. The summed E-state index contributed by atoms with van der Waals surface area (Å²) in [6.45, 7) is 3.00. The molecule has 3 rings (SSSR count). The van der Waals surface area contributed by atoms with E-state index < -0.39 is 0 Å². The van der Waals surface area contributed by atoms with E-state index in [1.807, 2.05) is 11.7 Å². The van der Waals surface area contributed by atoms with Crippen molar-refractivity contribution in [2.75, 3.05) is 0 Å². The molecule has 2 aromatic heterocycles. The standard InChI is InChI=1S/C15H21N3O/c1-3-4-14-13(10-18(2)17-14)12-7-8-19-15(12)9-16-11-5-6-11/h7-8,10-11,16H,3-6,9H2,1-2H3. The zero-order chi connectivity index (χ0) is 13.2. The van der Waals surface area contributed by atoms with E-state index in [2.05, 4.69) is 29.6 Å². The van der Waals surface area contributed by atoms with Gasteiger partial charge in [-0.1, -0.05) is 13.3 Å². The van der Waals surface area contributed by atoms with Crippen LogP contribution in [0.1, 0.15) is 37.6 Å². The number of furan rings is 1. The zero-order valence-electron chi connectivity index (χ0n) is 11.6. The number of aromatic nitrogens is 2. The van der Waals surface area contributed by atoms with Crippen LogP contribution in [0.5, 0.6) is 0 Å². The Morgan fingerprint density at radius 1 is 1.42 bits per heavy atom. The minimum absolute atomic E-state index is 0.696. The average Bonchev–Trinajstić information content (AvgIpc) is 2.98. The van der Waals surface area contributed by atoms with E-state index >= 15 is 0 Å². The molecular formula is C15H21N3O. The first kappa shape index (κ1) is 12.5. The largest absolute Gasteiger partial charge is 0.467 e. The topological polar surface area (TPSA) is 43.0 Å². The van der Waals surface area contributed by atoms with Crippen molar-refractivity contribution in [2.45, 2.75) is 45.2 Å². The number of hydrogen-bond donors (Lipinski definition) is 1. The first-order valence-corrected chi connectivity index (χ1v) is 7.10. The van der Waals surface area contributed by atoms with Gasteiger partial charge in [-0.2, -0.15) is 5.10 Å². The van der Waals surface area contributed by atoms with Gasteiger partial charge < -0.3 is 9.73 Å². The first-order chi connectivity index (χ1) is 9.28. The Kier molecular flexibility index (Phi) is 3.42. The highest BCUT2D eigenvalue weighted by molar-refractivity contribution is 5.67. The van der Waals surface area contributed by atoms with E-state index in [4.69, 9.17) is 4.42 Å². The summed E-state index contributed by atoms with van der Waals surface area (Å²) < 4.78 is 7.53. The fraction of sp³-hybridized carbons (Fsp3) is 0.533. The van der Waals surface area contributed by atoms with Gasteiger partial charge in [-0.15, -0.1) is 0 Å². The molecule has 4 nitrogen and oxygen atoms in total. The second-order valence-corrected chi connectivity index (χ2v) is 5.33. The average molecular weight is 259 g/mol. The third-order valence-electron chi connectivity index (χ3n) is 3.56. The van der Waals surface area contributed by atoms with Crippen LogP contribution >= 0.6 is 0 Å². The molecule has 0 atom stereocenters. The molecule has 0 unspecified atom stereocenters. The number of nitrogens with one attached hydrogen (secondary N) is 1. The van der Waals surface area contributed by atoms with Crippen LogP contribution in [0.15, 0.2) is 22.9 Å². The van der Waals surface area contributed by atoms with Gasteiger partial charge in [0.2, 0.25) is 0 Å². The van der Waals surface area contributed by atoms with Crippen molar-refractivity contribution in [2.24, 2.45) is 7.05 Å². The Morgan fingerprint density at radius 2 is 2.26 bits per heavy atom. The third kappa shape index (κ3) is 2.73. The lowest BCUT2D eigenvalue weighted by Gasteiger charge is -2.04. The Balaban J connectivity index is 1.85. The third-order valence-corrected chi connectivity index (χ3v) is 3.56. The minimum atomic E-state index is 0.696. The number of rotatable bonds is 6. The van der Waals surface area contributed by atoms with Crippen molar-refractivity contribution < 1.29 is 4.42 Å². The molecule has 1 fully saturated rings. The van der Waals surface area contributed by atoms with Crippen molar-refractivity contribution in [1.29, 1.82) is 0 Å². The van der Waals surface area contributed by atoms with Crippen LogP contribution < -0.4 is 5.32 Å². The van der Waals surface area contributed by atoms with Crippen LogP contribution in [-0.4, -0.2) is 15.8 Å². The summed E-state index contributed by atoms with van der Waals surface area (Å²) in [5, 5.41) is 8.07. The first-order valence-electron chi connectivity index (χ1n) is 7.10. The van der Waals surface area contributed by atoms with Gasteiger partial charge in [0, 0.05) is 30.4 Å². The molecule has 0 bridgehead atoms. The zero-order valence-corrected chi connectivity index (χ0v) is 11.6. The highest BCUT2D eigenvalue weighted by Gasteiger charge is 2.22. The maximum absolute atomic E-state index is 5.64. The monoisotopic (exact) mass is 259 g/mol. The molecule has 1 N–H and O–H groups in total. The highest BCUT2D eigenvalue weighted by Crippen LogP contribution is 2.29. The Bertz CT molecular complexity index is 551. The Labute approximate surface area is 113 Å². The molecule has 102 valence electrons. The Morgan fingerprint density at radius 3 is 3.00 bits per heavy atom. The maximum atomic E-state index is 5.64. The second kappa shape index (κ2) is 5.21.